The van der Waals surface area contributed by atoms with Crippen molar-refractivity contribution >= 4 is 27.1 Å². The first-order chi connectivity index (χ1) is 8.47. The van der Waals surface area contributed by atoms with E-state index in [-0.39, 0.29) is 6.04 Å². The number of benzene rings is 1. The minimum atomic E-state index is -3.14. The summed E-state index contributed by atoms with van der Waals surface area (Å²) >= 11 is 5.71. The van der Waals surface area contributed by atoms with Gasteiger partial charge in [-0.2, -0.15) is 0 Å². The lowest BCUT2D eigenvalue weighted by molar-refractivity contribution is 0.184. The van der Waals surface area contributed by atoms with E-state index >= 15 is 0 Å². The molecule has 102 valence electrons. The average molecular weight is 292 g/mol. The quantitative estimate of drug-likeness (QED) is 0.782. The number of rotatable bonds is 7. The normalized spacial score (nSPS) is 13.3. The van der Waals surface area contributed by atoms with Gasteiger partial charge in [0.05, 0.1) is 17.5 Å². The second kappa shape index (κ2) is 6.97. The molecular weight excluding hydrogens is 274 g/mol. The molecule has 0 saturated heterocycles. The van der Waals surface area contributed by atoms with Crippen molar-refractivity contribution in [3.8, 4) is 0 Å². The maximum absolute atomic E-state index is 11.3. The van der Waals surface area contributed by atoms with Crippen LogP contribution in [0.5, 0.6) is 0 Å². The van der Waals surface area contributed by atoms with Crippen molar-refractivity contribution in [2.24, 2.45) is 0 Å². The lowest BCUT2D eigenvalue weighted by atomic mass is 10.2. The predicted octanol–water partition coefficient (Wildman–Crippen LogP) is 2.15. The summed E-state index contributed by atoms with van der Waals surface area (Å²) in [6.07, 6.45) is 1.97. The van der Waals surface area contributed by atoms with Crippen LogP contribution < -0.4 is 5.32 Å². The van der Waals surface area contributed by atoms with Gasteiger partial charge >= 0.3 is 0 Å². The van der Waals surface area contributed by atoms with Crippen molar-refractivity contribution in [3.05, 3.63) is 24.3 Å². The molecule has 1 aromatic rings. The van der Waals surface area contributed by atoms with E-state index in [4.69, 9.17) is 16.3 Å². The largest absolute Gasteiger partial charge is 0.383 e. The fourth-order valence-corrected chi connectivity index (χ4v) is 2.46. The van der Waals surface area contributed by atoms with E-state index in [0.717, 1.165) is 12.1 Å². The van der Waals surface area contributed by atoms with Crippen LogP contribution in [-0.2, 0) is 14.6 Å². The molecule has 0 saturated carbocycles. The first-order valence-electron chi connectivity index (χ1n) is 5.59. The molecule has 0 aliphatic carbocycles. The molecule has 0 bridgehead atoms. The predicted molar refractivity (Wildman–Crippen MR) is 74.2 cm³/mol. The number of sulfone groups is 1. The highest BCUT2D eigenvalue weighted by Crippen LogP contribution is 2.15. The average Bonchev–Trinajstić information content (AvgIpc) is 2.29. The highest BCUT2D eigenvalue weighted by atomic mass is 35.5. The van der Waals surface area contributed by atoms with E-state index in [1.807, 2.05) is 0 Å². The lowest BCUT2D eigenvalue weighted by Crippen LogP contribution is -2.25. The highest BCUT2D eigenvalue weighted by molar-refractivity contribution is 7.90. The number of alkyl halides is 1. The summed E-state index contributed by atoms with van der Waals surface area (Å²) in [7, 11) is -1.51. The summed E-state index contributed by atoms with van der Waals surface area (Å²) in [6.45, 7) is 0.556. The van der Waals surface area contributed by atoms with Crippen molar-refractivity contribution in [2.45, 2.75) is 17.4 Å². The molecule has 0 radical (unpaired) electrons. The number of methoxy groups -OCH3 is 1. The summed E-state index contributed by atoms with van der Waals surface area (Å²) in [6, 6.07) is 6.78. The van der Waals surface area contributed by atoms with Gasteiger partial charge in [-0.05, 0) is 30.7 Å². The first kappa shape index (κ1) is 15.3. The lowest BCUT2D eigenvalue weighted by Gasteiger charge is -2.18. The first-order valence-corrected chi connectivity index (χ1v) is 8.01. The number of halogens is 1. The molecule has 18 heavy (non-hydrogen) atoms. The standard InChI is InChI=1S/C12H18ClNO3S/c1-17-9-11(7-8-13)14-10-3-5-12(6-4-10)18(2,15)16/h3-6,11,14H,7-9H2,1-2H3. The molecule has 0 aromatic heterocycles. The van der Waals surface area contributed by atoms with Crippen molar-refractivity contribution < 1.29 is 13.2 Å². The second-order valence-corrected chi connectivity index (χ2v) is 6.46. The minimum absolute atomic E-state index is 0.122. The molecule has 1 rings (SSSR count). The van der Waals surface area contributed by atoms with Gasteiger partial charge in [0, 0.05) is 24.9 Å². The SMILES string of the molecule is COCC(CCCl)Nc1ccc(S(C)(=O)=O)cc1. The van der Waals surface area contributed by atoms with Crippen LogP contribution in [0.4, 0.5) is 5.69 Å². The molecule has 0 spiro atoms. The molecule has 1 atom stereocenters. The van der Waals surface area contributed by atoms with Crippen LogP contribution >= 0.6 is 11.6 Å². The molecule has 0 heterocycles. The van der Waals surface area contributed by atoms with Gasteiger partial charge in [0.15, 0.2) is 9.84 Å². The molecule has 0 aliphatic heterocycles. The number of hydrogen-bond donors (Lipinski definition) is 1. The van der Waals surface area contributed by atoms with Gasteiger partial charge in [-0.15, -0.1) is 11.6 Å². The van der Waals surface area contributed by atoms with E-state index in [0.29, 0.717) is 17.4 Å². The second-order valence-electron chi connectivity index (χ2n) is 4.07. The van der Waals surface area contributed by atoms with Crippen LogP contribution in [0.3, 0.4) is 0 Å². The molecule has 0 fully saturated rings. The zero-order valence-electron chi connectivity index (χ0n) is 10.5. The molecule has 6 heteroatoms. The molecule has 0 aliphatic rings. The van der Waals surface area contributed by atoms with Crippen LogP contribution in [0.25, 0.3) is 0 Å². The van der Waals surface area contributed by atoms with Gasteiger partial charge in [0.2, 0.25) is 0 Å². The fourth-order valence-electron chi connectivity index (χ4n) is 1.56. The zero-order chi connectivity index (χ0) is 13.6. The third-order valence-electron chi connectivity index (χ3n) is 2.48. The number of anilines is 1. The van der Waals surface area contributed by atoms with Crippen LogP contribution in [0.2, 0.25) is 0 Å². The topological polar surface area (TPSA) is 55.4 Å². The van der Waals surface area contributed by atoms with Gasteiger partial charge in [-0.25, -0.2) is 8.42 Å². The van der Waals surface area contributed by atoms with Gasteiger partial charge in [-0.1, -0.05) is 0 Å². The van der Waals surface area contributed by atoms with Crippen LogP contribution in [0.15, 0.2) is 29.2 Å². The Labute approximate surface area is 113 Å². The summed E-state index contributed by atoms with van der Waals surface area (Å²) in [5.74, 6) is 0.544. The molecular formula is C12H18ClNO3S. The fraction of sp³-hybridized carbons (Fsp3) is 0.500. The van der Waals surface area contributed by atoms with Crippen molar-refractivity contribution in [2.75, 3.05) is 31.2 Å². The van der Waals surface area contributed by atoms with Gasteiger partial charge in [0.1, 0.15) is 0 Å². The van der Waals surface area contributed by atoms with Gasteiger partial charge in [-0.3, -0.25) is 0 Å². The Hall–Kier alpha value is -0.780. The van der Waals surface area contributed by atoms with Crippen LogP contribution in [-0.4, -0.2) is 40.3 Å². The molecule has 1 aromatic carbocycles. The monoisotopic (exact) mass is 291 g/mol. The third-order valence-corrected chi connectivity index (χ3v) is 3.83. The van der Waals surface area contributed by atoms with Crippen molar-refractivity contribution in [1.29, 1.82) is 0 Å². The van der Waals surface area contributed by atoms with Crippen molar-refractivity contribution in [1.82, 2.24) is 0 Å². The zero-order valence-corrected chi connectivity index (χ0v) is 12.1. The highest BCUT2D eigenvalue weighted by Gasteiger charge is 2.09. The molecule has 1 N–H and O–H groups in total. The Morgan fingerprint density at radius 3 is 2.39 bits per heavy atom. The summed E-state index contributed by atoms with van der Waals surface area (Å²) in [5.41, 5.74) is 0.856. The Bertz CT molecular complexity index is 453. The van der Waals surface area contributed by atoms with Crippen LogP contribution in [0, 0.1) is 0 Å². The Kier molecular flexibility index (Phi) is 5.91. The van der Waals surface area contributed by atoms with E-state index in [9.17, 15) is 8.42 Å². The van der Waals surface area contributed by atoms with Gasteiger partial charge in [0.25, 0.3) is 0 Å². The van der Waals surface area contributed by atoms with E-state index in [1.165, 1.54) is 6.26 Å². The number of ether oxygens (including phenoxy) is 1. The van der Waals surface area contributed by atoms with Gasteiger partial charge < -0.3 is 10.1 Å². The smallest absolute Gasteiger partial charge is 0.175 e. The Morgan fingerprint density at radius 2 is 1.94 bits per heavy atom. The minimum Gasteiger partial charge on any atom is -0.383 e. The number of hydrogen-bond acceptors (Lipinski definition) is 4. The van der Waals surface area contributed by atoms with Crippen LogP contribution in [0.1, 0.15) is 6.42 Å². The Balaban J connectivity index is 2.73. The summed E-state index contributed by atoms with van der Waals surface area (Å²) in [5, 5.41) is 3.26. The maximum Gasteiger partial charge on any atom is 0.175 e. The Morgan fingerprint density at radius 1 is 1.33 bits per heavy atom. The summed E-state index contributed by atoms with van der Waals surface area (Å²) in [4.78, 5) is 0.314. The van der Waals surface area contributed by atoms with E-state index < -0.39 is 9.84 Å². The maximum atomic E-state index is 11.3. The van der Waals surface area contributed by atoms with E-state index in [1.54, 1.807) is 31.4 Å². The third kappa shape index (κ3) is 4.84. The number of nitrogens with one attached hydrogen (secondary N) is 1. The van der Waals surface area contributed by atoms with Crippen molar-refractivity contribution in [3.63, 3.8) is 0 Å². The molecule has 0 amide bonds. The van der Waals surface area contributed by atoms with E-state index in [2.05, 4.69) is 5.32 Å². The molecule has 4 nitrogen and oxygen atoms in total. The molecule has 1 unspecified atom stereocenters. The summed E-state index contributed by atoms with van der Waals surface area (Å²) < 4.78 is 27.7.